The Morgan fingerprint density at radius 2 is 1.87 bits per heavy atom. The van der Waals surface area contributed by atoms with E-state index in [0.29, 0.717) is 42.8 Å². The Hall–Kier alpha value is -2.28. The van der Waals surface area contributed by atoms with Crippen LogP contribution in [0.1, 0.15) is 46.9 Å². The van der Waals surface area contributed by atoms with Crippen molar-refractivity contribution in [1.82, 2.24) is 15.2 Å². The number of amides is 1. The molecule has 0 spiro atoms. The highest BCUT2D eigenvalue weighted by Gasteiger charge is 2.15. The molecule has 0 saturated heterocycles. The number of carbonyl (C=O) groups is 1. The Kier molecular flexibility index (Phi) is 8.58. The van der Waals surface area contributed by atoms with Gasteiger partial charge in [-0.05, 0) is 47.7 Å². The van der Waals surface area contributed by atoms with Crippen LogP contribution < -0.4 is 5.32 Å². The molecule has 31 heavy (non-hydrogen) atoms. The van der Waals surface area contributed by atoms with Gasteiger partial charge in [0.2, 0.25) is 0 Å². The van der Waals surface area contributed by atoms with E-state index in [0.717, 1.165) is 22.6 Å². The molecule has 0 fully saturated rings. The van der Waals surface area contributed by atoms with Crippen LogP contribution in [0.15, 0.2) is 53.9 Å². The van der Waals surface area contributed by atoms with E-state index in [1.807, 2.05) is 24.3 Å². The number of thiazole rings is 1. The van der Waals surface area contributed by atoms with Crippen LogP contribution in [0.3, 0.4) is 0 Å². The normalized spacial score (nSPS) is 11.3. The van der Waals surface area contributed by atoms with Crippen molar-refractivity contribution in [2.24, 2.45) is 5.92 Å². The summed E-state index contributed by atoms with van der Waals surface area (Å²) in [4.78, 5) is 19.1. The molecular weight excluding hydrogens is 433 g/mol. The van der Waals surface area contributed by atoms with E-state index in [4.69, 9.17) is 11.6 Å². The minimum Gasteiger partial charge on any atom is -0.351 e. The molecule has 1 amide bonds. The zero-order chi connectivity index (χ0) is 22.2. The molecule has 0 aliphatic carbocycles. The highest BCUT2D eigenvalue weighted by atomic mass is 35.5. The molecule has 0 unspecified atom stereocenters. The number of aromatic nitrogens is 1. The molecule has 0 saturated carbocycles. The Morgan fingerprint density at radius 3 is 2.58 bits per heavy atom. The second-order valence-electron chi connectivity index (χ2n) is 7.97. The minimum absolute atomic E-state index is 0.136. The lowest BCUT2D eigenvalue weighted by Crippen LogP contribution is -2.26. The summed E-state index contributed by atoms with van der Waals surface area (Å²) < 4.78 is 13.3. The van der Waals surface area contributed by atoms with Crippen molar-refractivity contribution in [3.05, 3.63) is 86.6 Å². The van der Waals surface area contributed by atoms with E-state index in [1.165, 1.54) is 23.5 Å². The summed E-state index contributed by atoms with van der Waals surface area (Å²) in [5.74, 6) is 0.152. The highest BCUT2D eigenvalue weighted by Crippen LogP contribution is 2.19. The number of benzene rings is 2. The Balaban J connectivity index is 1.69. The van der Waals surface area contributed by atoms with Gasteiger partial charge in [0, 0.05) is 30.0 Å². The highest BCUT2D eigenvalue weighted by molar-refractivity contribution is 7.09. The molecule has 0 bridgehead atoms. The van der Waals surface area contributed by atoms with Gasteiger partial charge in [-0.1, -0.05) is 49.7 Å². The predicted octanol–water partition coefficient (Wildman–Crippen LogP) is 5.91. The lowest BCUT2D eigenvalue weighted by atomic mass is 10.1. The van der Waals surface area contributed by atoms with Gasteiger partial charge in [-0.3, -0.25) is 9.69 Å². The summed E-state index contributed by atoms with van der Waals surface area (Å²) in [6, 6.07) is 14.3. The van der Waals surface area contributed by atoms with Crippen LogP contribution in [0.2, 0.25) is 5.02 Å². The van der Waals surface area contributed by atoms with Gasteiger partial charge in [-0.2, -0.15) is 0 Å². The van der Waals surface area contributed by atoms with Gasteiger partial charge in [0.05, 0.1) is 6.54 Å². The third kappa shape index (κ3) is 7.73. The number of hydrogen-bond donors (Lipinski definition) is 1. The number of halogens is 2. The van der Waals surface area contributed by atoms with Crippen molar-refractivity contribution in [3.8, 4) is 0 Å². The summed E-state index contributed by atoms with van der Waals surface area (Å²) in [6.45, 7) is 6.77. The lowest BCUT2D eigenvalue weighted by Gasteiger charge is -2.21. The van der Waals surface area contributed by atoms with Gasteiger partial charge < -0.3 is 5.32 Å². The number of carbonyl (C=O) groups excluding carboxylic acids is 1. The second kappa shape index (κ2) is 11.4. The molecule has 0 aliphatic heterocycles. The van der Waals surface area contributed by atoms with E-state index in [2.05, 4.69) is 29.0 Å². The molecule has 4 nitrogen and oxygen atoms in total. The monoisotopic (exact) mass is 459 g/mol. The average molecular weight is 460 g/mol. The molecular formula is C24H27ClFN3OS. The SMILES string of the molecule is CC(C)CCNC(=O)c1csc(CN(Cc2ccc(F)cc2)Cc2cccc(Cl)c2)n1. The zero-order valence-corrected chi connectivity index (χ0v) is 19.3. The van der Waals surface area contributed by atoms with E-state index < -0.39 is 0 Å². The number of hydrogen-bond acceptors (Lipinski definition) is 4. The van der Waals surface area contributed by atoms with E-state index in [9.17, 15) is 9.18 Å². The van der Waals surface area contributed by atoms with Crippen molar-refractivity contribution in [3.63, 3.8) is 0 Å². The molecule has 3 aromatic rings. The molecule has 1 N–H and O–H groups in total. The van der Waals surface area contributed by atoms with E-state index in [-0.39, 0.29) is 11.7 Å². The van der Waals surface area contributed by atoms with Gasteiger partial charge in [0.25, 0.3) is 5.91 Å². The summed E-state index contributed by atoms with van der Waals surface area (Å²) in [6.07, 6.45) is 0.938. The quantitative estimate of drug-likeness (QED) is 0.409. The van der Waals surface area contributed by atoms with Crippen molar-refractivity contribution >= 4 is 28.8 Å². The number of nitrogens with one attached hydrogen (secondary N) is 1. The van der Waals surface area contributed by atoms with E-state index >= 15 is 0 Å². The van der Waals surface area contributed by atoms with Gasteiger partial charge in [-0.25, -0.2) is 9.37 Å². The Labute approximate surface area is 192 Å². The Bertz CT molecular complexity index is 990. The van der Waals surface area contributed by atoms with Crippen LogP contribution in [-0.4, -0.2) is 22.3 Å². The molecule has 0 radical (unpaired) electrons. The second-order valence-corrected chi connectivity index (χ2v) is 9.35. The molecule has 1 aromatic heterocycles. The fraction of sp³-hybridized carbons (Fsp3) is 0.333. The maximum Gasteiger partial charge on any atom is 0.270 e. The fourth-order valence-corrected chi connectivity index (χ4v) is 4.18. The first kappa shape index (κ1) is 23.4. The van der Waals surface area contributed by atoms with Gasteiger partial charge >= 0.3 is 0 Å². The van der Waals surface area contributed by atoms with Crippen LogP contribution in [-0.2, 0) is 19.6 Å². The van der Waals surface area contributed by atoms with E-state index in [1.54, 1.807) is 17.5 Å². The molecule has 0 atom stereocenters. The molecule has 7 heteroatoms. The maximum absolute atomic E-state index is 13.3. The molecule has 2 aromatic carbocycles. The van der Waals surface area contributed by atoms with Crippen LogP contribution in [0, 0.1) is 11.7 Å². The van der Waals surface area contributed by atoms with Crippen LogP contribution >= 0.6 is 22.9 Å². The van der Waals surface area contributed by atoms with Crippen molar-refractivity contribution < 1.29 is 9.18 Å². The first-order valence-electron chi connectivity index (χ1n) is 10.3. The topological polar surface area (TPSA) is 45.2 Å². The first-order chi connectivity index (χ1) is 14.9. The lowest BCUT2D eigenvalue weighted by molar-refractivity contribution is 0.0947. The van der Waals surface area contributed by atoms with Crippen molar-refractivity contribution in [2.75, 3.05) is 6.54 Å². The van der Waals surface area contributed by atoms with Crippen molar-refractivity contribution in [1.29, 1.82) is 0 Å². The molecule has 164 valence electrons. The van der Waals surface area contributed by atoms with Gasteiger partial charge in [-0.15, -0.1) is 11.3 Å². The smallest absolute Gasteiger partial charge is 0.270 e. The molecule has 0 aliphatic rings. The Morgan fingerprint density at radius 1 is 1.13 bits per heavy atom. The van der Waals surface area contributed by atoms with Gasteiger partial charge in [0.15, 0.2) is 0 Å². The van der Waals surface area contributed by atoms with Gasteiger partial charge in [0.1, 0.15) is 16.5 Å². The first-order valence-corrected chi connectivity index (χ1v) is 11.6. The largest absolute Gasteiger partial charge is 0.351 e. The summed E-state index contributed by atoms with van der Waals surface area (Å²) >= 11 is 7.62. The summed E-state index contributed by atoms with van der Waals surface area (Å²) in [5.41, 5.74) is 2.54. The minimum atomic E-state index is -0.252. The molecule has 3 rings (SSSR count). The third-order valence-corrected chi connectivity index (χ3v) is 5.83. The predicted molar refractivity (Wildman–Crippen MR) is 125 cm³/mol. The summed E-state index contributed by atoms with van der Waals surface area (Å²) in [5, 5.41) is 6.28. The summed E-state index contributed by atoms with van der Waals surface area (Å²) in [7, 11) is 0. The van der Waals surface area contributed by atoms with Crippen LogP contribution in [0.4, 0.5) is 4.39 Å². The maximum atomic E-state index is 13.3. The van der Waals surface area contributed by atoms with Crippen molar-refractivity contribution in [2.45, 2.75) is 39.9 Å². The zero-order valence-electron chi connectivity index (χ0n) is 17.8. The third-order valence-electron chi connectivity index (χ3n) is 4.77. The van der Waals surface area contributed by atoms with Crippen LogP contribution in [0.5, 0.6) is 0 Å². The average Bonchev–Trinajstić information content (AvgIpc) is 3.18. The standard InChI is InChI=1S/C24H27ClFN3OS/c1-17(2)10-11-27-24(30)22-16-31-23(28-22)15-29(13-18-6-8-21(26)9-7-18)14-19-4-3-5-20(25)12-19/h3-9,12,16-17H,10-11,13-15H2,1-2H3,(H,27,30). The number of nitrogens with zero attached hydrogens (tertiary/aromatic N) is 2. The molecule has 1 heterocycles. The fourth-order valence-electron chi connectivity index (χ4n) is 3.15. The number of rotatable bonds is 10. The van der Waals surface area contributed by atoms with Crippen LogP contribution in [0.25, 0.3) is 0 Å².